The summed E-state index contributed by atoms with van der Waals surface area (Å²) in [6.45, 7) is 0. The molecule has 5 heteroatoms. The van der Waals surface area contributed by atoms with Gasteiger partial charge in [0.15, 0.2) is 11.8 Å². The third-order valence-electron chi connectivity index (χ3n) is 2.41. The van der Waals surface area contributed by atoms with Crippen molar-refractivity contribution in [1.82, 2.24) is 4.34 Å². The van der Waals surface area contributed by atoms with Crippen LogP contribution in [0.25, 0.3) is 0 Å². The maximum Gasteiger partial charge on any atom is 0.329 e. The Morgan fingerprint density at radius 1 is 1.29 bits per heavy atom. The van der Waals surface area contributed by atoms with E-state index < -0.39 is 12.0 Å². The molecule has 2 N–H and O–H groups in total. The maximum absolute atomic E-state index is 11.5. The van der Waals surface area contributed by atoms with Crippen LogP contribution in [0.2, 0.25) is 0 Å². The van der Waals surface area contributed by atoms with Gasteiger partial charge in [0.05, 0.1) is 0 Å². The summed E-state index contributed by atoms with van der Waals surface area (Å²) in [5.41, 5.74) is 1.15. The van der Waals surface area contributed by atoms with Crippen LogP contribution < -0.4 is 4.34 Å². The fourth-order valence-corrected chi connectivity index (χ4v) is 1.95. The second-order valence-electron chi connectivity index (χ2n) is 3.69. The quantitative estimate of drug-likeness (QED) is 0.596. The maximum atomic E-state index is 11.5. The number of rotatable bonds is 7. The van der Waals surface area contributed by atoms with Gasteiger partial charge in [0.25, 0.3) is 0 Å². The third-order valence-corrected chi connectivity index (χ3v) is 2.87. The van der Waals surface area contributed by atoms with Crippen LogP contribution >= 0.6 is 16.1 Å². The molecule has 0 heterocycles. The smallest absolute Gasteiger partial charge is 0.329 e. The summed E-state index contributed by atoms with van der Waals surface area (Å²) in [4.78, 5) is 22.2. The van der Waals surface area contributed by atoms with Gasteiger partial charge in [0.2, 0.25) is 0 Å². The van der Waals surface area contributed by atoms with E-state index in [-0.39, 0.29) is 12.2 Å². The lowest BCUT2D eigenvalue weighted by molar-refractivity contribution is -0.142. The molecule has 4 nitrogen and oxygen atoms in total. The number of Topliss-reactive ketones (excluding diaryl/α,β-unsaturated/α-hetero) is 1. The number of carboxylic acids is 1. The molecule has 0 saturated carbocycles. The molecule has 1 rings (SSSR count). The van der Waals surface area contributed by atoms with Crippen molar-refractivity contribution in [2.24, 2.45) is 0 Å². The number of hydrogen-bond donors (Lipinski definition) is 2. The Balaban J connectivity index is 2.36. The normalized spacial score (nSPS) is 12.1. The predicted octanol–water partition coefficient (Wildman–Crippen LogP) is 1.93. The first-order valence-corrected chi connectivity index (χ1v) is 6.10. The second kappa shape index (κ2) is 7.19. The summed E-state index contributed by atoms with van der Waals surface area (Å²) in [7, 11) is 0. The van der Waals surface area contributed by atoms with Gasteiger partial charge in [-0.1, -0.05) is 30.3 Å². The molecule has 17 heavy (non-hydrogen) atoms. The molecule has 0 bridgehead atoms. The van der Waals surface area contributed by atoms with Crippen molar-refractivity contribution in [2.45, 2.75) is 25.3 Å². The number of carbonyl (C=O) groups excluding carboxylic acids is 1. The molecule has 0 saturated heterocycles. The van der Waals surface area contributed by atoms with Gasteiger partial charge in [-0.3, -0.25) is 9.59 Å². The Morgan fingerprint density at radius 3 is 2.47 bits per heavy atom. The Labute approximate surface area is 108 Å². The molecule has 1 atom stereocenters. The zero-order valence-corrected chi connectivity index (χ0v) is 10.8. The molecule has 1 unspecified atom stereocenters. The van der Waals surface area contributed by atoms with Crippen LogP contribution in [0, 0.1) is 0 Å². The largest absolute Gasteiger partial charge is 0.480 e. The molecular weight excluding hydrogens is 286 g/mol. The highest BCUT2D eigenvalue weighted by molar-refractivity contribution is 9.08. The van der Waals surface area contributed by atoms with E-state index in [1.54, 1.807) is 0 Å². The molecule has 0 aliphatic heterocycles. The lowest BCUT2D eigenvalue weighted by Gasteiger charge is -2.08. The molecule has 0 aromatic heterocycles. The zero-order valence-electron chi connectivity index (χ0n) is 9.23. The zero-order chi connectivity index (χ0) is 12.7. The SMILES string of the molecule is O=C(O)C(NBr)C(=O)CCCc1ccccc1. The van der Waals surface area contributed by atoms with Crippen LogP contribution in [0.1, 0.15) is 18.4 Å². The molecule has 0 fully saturated rings. The Morgan fingerprint density at radius 2 is 1.94 bits per heavy atom. The molecule has 0 aliphatic carbocycles. The monoisotopic (exact) mass is 299 g/mol. The van der Waals surface area contributed by atoms with Crippen molar-refractivity contribution in [3.05, 3.63) is 35.9 Å². The summed E-state index contributed by atoms with van der Waals surface area (Å²) in [6, 6.07) is 8.63. The highest BCUT2D eigenvalue weighted by atomic mass is 79.9. The van der Waals surface area contributed by atoms with Crippen molar-refractivity contribution < 1.29 is 14.7 Å². The van der Waals surface area contributed by atoms with E-state index in [1.807, 2.05) is 30.3 Å². The van der Waals surface area contributed by atoms with E-state index in [2.05, 4.69) is 20.5 Å². The lowest BCUT2D eigenvalue weighted by atomic mass is 10.0. The van der Waals surface area contributed by atoms with Crippen LogP contribution in [0.4, 0.5) is 0 Å². The number of benzene rings is 1. The topological polar surface area (TPSA) is 66.4 Å². The van der Waals surface area contributed by atoms with Crippen LogP contribution in [0.15, 0.2) is 30.3 Å². The van der Waals surface area contributed by atoms with Crippen LogP contribution in [-0.2, 0) is 16.0 Å². The summed E-state index contributed by atoms with van der Waals surface area (Å²) < 4.78 is 2.31. The number of aryl methyl sites for hydroxylation is 1. The van der Waals surface area contributed by atoms with Crippen molar-refractivity contribution in [3.8, 4) is 0 Å². The van der Waals surface area contributed by atoms with Gasteiger partial charge in [-0.05, 0) is 18.4 Å². The number of nitrogens with one attached hydrogen (secondary N) is 1. The minimum Gasteiger partial charge on any atom is -0.480 e. The number of carboxylic acid groups (broad SMARTS) is 1. The number of halogens is 1. The van der Waals surface area contributed by atoms with Gasteiger partial charge in [0, 0.05) is 22.6 Å². The van der Waals surface area contributed by atoms with E-state index in [0.717, 1.165) is 12.0 Å². The number of aliphatic carboxylic acids is 1. The van der Waals surface area contributed by atoms with Gasteiger partial charge in [-0.2, -0.15) is 0 Å². The molecule has 0 spiro atoms. The van der Waals surface area contributed by atoms with E-state index >= 15 is 0 Å². The molecule has 0 amide bonds. The first-order chi connectivity index (χ1) is 8.15. The number of hydrogen-bond acceptors (Lipinski definition) is 3. The number of ketones is 1. The molecule has 0 aliphatic rings. The Kier molecular flexibility index (Phi) is 5.86. The summed E-state index contributed by atoms with van der Waals surface area (Å²) >= 11 is 2.80. The highest BCUT2D eigenvalue weighted by Crippen LogP contribution is 2.06. The minimum absolute atomic E-state index is 0.254. The van der Waals surface area contributed by atoms with Crippen molar-refractivity contribution in [1.29, 1.82) is 0 Å². The fraction of sp³-hybridized carbons (Fsp3) is 0.333. The average Bonchev–Trinajstić information content (AvgIpc) is 2.30. The Hall–Kier alpha value is -1.20. The van der Waals surface area contributed by atoms with E-state index in [0.29, 0.717) is 6.42 Å². The van der Waals surface area contributed by atoms with E-state index in [4.69, 9.17) is 5.11 Å². The second-order valence-corrected chi connectivity index (χ2v) is 4.14. The Bertz CT molecular complexity index is 381. The molecule has 92 valence electrons. The van der Waals surface area contributed by atoms with Gasteiger partial charge < -0.3 is 5.11 Å². The number of carbonyl (C=O) groups is 2. The minimum atomic E-state index is -1.16. The van der Waals surface area contributed by atoms with Crippen molar-refractivity contribution >= 4 is 27.9 Å². The standard InChI is InChI=1S/C12H14BrNO3/c13-14-11(12(16)17)10(15)8-4-7-9-5-2-1-3-6-9/h1-3,5-6,11,14H,4,7-8H2,(H,16,17). The molecule has 0 radical (unpaired) electrons. The van der Waals surface area contributed by atoms with Gasteiger partial charge in [0.1, 0.15) is 0 Å². The predicted molar refractivity (Wildman–Crippen MR) is 67.9 cm³/mol. The first kappa shape index (κ1) is 13.9. The van der Waals surface area contributed by atoms with Crippen molar-refractivity contribution in [2.75, 3.05) is 0 Å². The lowest BCUT2D eigenvalue weighted by Crippen LogP contribution is -2.38. The molecular formula is C12H14BrNO3. The molecule has 1 aromatic rings. The van der Waals surface area contributed by atoms with Crippen molar-refractivity contribution in [3.63, 3.8) is 0 Å². The summed E-state index contributed by atoms with van der Waals surface area (Å²) in [5, 5.41) is 8.75. The van der Waals surface area contributed by atoms with Crippen LogP contribution in [0.3, 0.4) is 0 Å². The third kappa shape index (κ3) is 4.66. The van der Waals surface area contributed by atoms with Gasteiger partial charge >= 0.3 is 5.97 Å². The van der Waals surface area contributed by atoms with E-state index in [1.165, 1.54) is 0 Å². The summed E-state index contributed by atoms with van der Waals surface area (Å²) in [5.74, 6) is -1.48. The first-order valence-electron chi connectivity index (χ1n) is 5.30. The van der Waals surface area contributed by atoms with E-state index in [9.17, 15) is 9.59 Å². The van der Waals surface area contributed by atoms with Gasteiger partial charge in [-0.25, -0.2) is 4.34 Å². The average molecular weight is 300 g/mol. The fourth-order valence-electron chi connectivity index (χ4n) is 1.50. The van der Waals surface area contributed by atoms with Crippen LogP contribution in [-0.4, -0.2) is 22.9 Å². The summed E-state index contributed by atoms with van der Waals surface area (Å²) in [6.07, 6.45) is 1.69. The van der Waals surface area contributed by atoms with Gasteiger partial charge in [-0.15, -0.1) is 0 Å². The molecule has 1 aromatic carbocycles. The highest BCUT2D eigenvalue weighted by Gasteiger charge is 2.23. The van der Waals surface area contributed by atoms with Crippen LogP contribution in [0.5, 0.6) is 0 Å².